The summed E-state index contributed by atoms with van der Waals surface area (Å²) < 4.78 is 21.7. The Morgan fingerprint density at radius 1 is 1.04 bits per heavy atom. The molecule has 0 bridgehead atoms. The first-order valence-electron chi connectivity index (χ1n) is 8.51. The van der Waals surface area contributed by atoms with E-state index in [0.29, 0.717) is 28.0 Å². The summed E-state index contributed by atoms with van der Waals surface area (Å²) in [5.41, 5.74) is 1.56. The molecule has 0 aliphatic rings. The minimum absolute atomic E-state index is 0.150. The van der Waals surface area contributed by atoms with Crippen LogP contribution in [-0.2, 0) is 6.61 Å². The van der Waals surface area contributed by atoms with Crippen LogP contribution in [0.3, 0.4) is 0 Å². The number of hydrogen-bond donors (Lipinski definition) is 1. The van der Waals surface area contributed by atoms with Gasteiger partial charge < -0.3 is 23.9 Å². The Bertz CT molecular complexity index is 965. The molecule has 1 aromatic heterocycles. The number of halogens is 1. The SMILES string of the molecule is COc1cc(OC)c(NC(=O)c2ccc(COc3ccc(C)cc3)o2)cc1Cl. The standard InChI is InChI=1S/C21H20ClNO5/c1-13-4-6-14(7-5-13)27-12-15-8-9-18(28-15)21(24)23-17-10-16(22)19(25-2)11-20(17)26-3/h4-11H,12H2,1-3H3,(H,23,24). The molecule has 0 saturated heterocycles. The Morgan fingerprint density at radius 3 is 2.43 bits per heavy atom. The van der Waals surface area contributed by atoms with Gasteiger partial charge in [0, 0.05) is 6.07 Å². The number of carbonyl (C=O) groups excluding carboxylic acids is 1. The van der Waals surface area contributed by atoms with Crippen molar-refractivity contribution in [2.75, 3.05) is 19.5 Å². The minimum atomic E-state index is -0.430. The molecule has 6 nitrogen and oxygen atoms in total. The molecule has 1 amide bonds. The van der Waals surface area contributed by atoms with Crippen molar-refractivity contribution in [2.45, 2.75) is 13.5 Å². The van der Waals surface area contributed by atoms with E-state index in [-0.39, 0.29) is 12.4 Å². The minimum Gasteiger partial charge on any atom is -0.495 e. The quantitative estimate of drug-likeness (QED) is 0.597. The predicted octanol–water partition coefficient (Wildman–Crippen LogP) is 5.09. The molecule has 28 heavy (non-hydrogen) atoms. The van der Waals surface area contributed by atoms with Crippen LogP contribution in [0, 0.1) is 6.92 Å². The first kappa shape index (κ1) is 19.6. The van der Waals surface area contributed by atoms with Crippen LogP contribution in [0.15, 0.2) is 52.9 Å². The predicted molar refractivity (Wildman–Crippen MR) is 107 cm³/mol. The third kappa shape index (κ3) is 4.58. The molecule has 7 heteroatoms. The van der Waals surface area contributed by atoms with Gasteiger partial charge in [0.1, 0.15) is 29.6 Å². The van der Waals surface area contributed by atoms with Gasteiger partial charge >= 0.3 is 0 Å². The van der Waals surface area contributed by atoms with E-state index in [4.69, 9.17) is 30.2 Å². The summed E-state index contributed by atoms with van der Waals surface area (Å²) in [5.74, 6) is 1.85. The second kappa shape index (κ2) is 8.71. The van der Waals surface area contributed by atoms with E-state index in [0.717, 1.165) is 11.3 Å². The maximum atomic E-state index is 12.5. The van der Waals surface area contributed by atoms with Gasteiger partial charge in [-0.05, 0) is 37.3 Å². The fraction of sp³-hybridized carbons (Fsp3) is 0.190. The number of anilines is 1. The van der Waals surface area contributed by atoms with Crippen LogP contribution in [-0.4, -0.2) is 20.1 Å². The lowest BCUT2D eigenvalue weighted by atomic mass is 10.2. The third-order valence-electron chi connectivity index (χ3n) is 4.01. The van der Waals surface area contributed by atoms with Gasteiger partial charge in [-0.15, -0.1) is 0 Å². The zero-order valence-corrected chi connectivity index (χ0v) is 16.5. The fourth-order valence-electron chi connectivity index (χ4n) is 2.51. The Labute approximate surface area is 168 Å². The van der Waals surface area contributed by atoms with Crippen LogP contribution < -0.4 is 19.5 Å². The molecule has 1 heterocycles. The summed E-state index contributed by atoms with van der Waals surface area (Å²) in [6, 6.07) is 14.1. The number of benzene rings is 2. The van der Waals surface area contributed by atoms with E-state index in [9.17, 15) is 4.79 Å². The average Bonchev–Trinajstić information content (AvgIpc) is 3.17. The number of carbonyl (C=O) groups is 1. The van der Waals surface area contributed by atoms with Crippen LogP contribution in [0.1, 0.15) is 21.9 Å². The van der Waals surface area contributed by atoms with Crippen molar-refractivity contribution in [3.63, 3.8) is 0 Å². The lowest BCUT2D eigenvalue weighted by Gasteiger charge is -2.12. The lowest BCUT2D eigenvalue weighted by molar-refractivity contribution is 0.0992. The highest BCUT2D eigenvalue weighted by Gasteiger charge is 2.16. The van der Waals surface area contributed by atoms with E-state index < -0.39 is 5.91 Å². The molecule has 3 aromatic rings. The average molecular weight is 402 g/mol. The molecule has 0 radical (unpaired) electrons. The fourth-order valence-corrected chi connectivity index (χ4v) is 2.75. The molecule has 0 spiro atoms. The zero-order chi connectivity index (χ0) is 20.1. The summed E-state index contributed by atoms with van der Waals surface area (Å²) in [7, 11) is 2.99. The molecular weight excluding hydrogens is 382 g/mol. The smallest absolute Gasteiger partial charge is 0.291 e. The number of furan rings is 1. The van der Waals surface area contributed by atoms with Gasteiger partial charge in [-0.2, -0.15) is 0 Å². The summed E-state index contributed by atoms with van der Waals surface area (Å²) in [4.78, 5) is 12.5. The number of amides is 1. The van der Waals surface area contributed by atoms with Gasteiger partial charge in [0.15, 0.2) is 5.76 Å². The summed E-state index contributed by atoms with van der Waals surface area (Å²) in [6.07, 6.45) is 0. The molecule has 1 N–H and O–H groups in total. The monoisotopic (exact) mass is 401 g/mol. The van der Waals surface area contributed by atoms with Crippen molar-refractivity contribution in [2.24, 2.45) is 0 Å². The molecule has 0 aliphatic heterocycles. The second-order valence-electron chi connectivity index (χ2n) is 6.01. The number of nitrogens with one attached hydrogen (secondary N) is 1. The van der Waals surface area contributed by atoms with Crippen LogP contribution in [0.5, 0.6) is 17.2 Å². The maximum absolute atomic E-state index is 12.5. The molecule has 0 fully saturated rings. The molecule has 0 unspecified atom stereocenters. The van der Waals surface area contributed by atoms with E-state index in [1.54, 1.807) is 24.3 Å². The number of rotatable bonds is 7. The maximum Gasteiger partial charge on any atom is 0.291 e. The molecule has 2 aromatic carbocycles. The molecule has 0 atom stereocenters. The van der Waals surface area contributed by atoms with Crippen LogP contribution >= 0.6 is 11.6 Å². The number of hydrogen-bond acceptors (Lipinski definition) is 5. The zero-order valence-electron chi connectivity index (χ0n) is 15.7. The van der Waals surface area contributed by atoms with Crippen molar-refractivity contribution in [1.29, 1.82) is 0 Å². The van der Waals surface area contributed by atoms with Crippen molar-refractivity contribution >= 4 is 23.2 Å². The van der Waals surface area contributed by atoms with Crippen molar-refractivity contribution < 1.29 is 23.4 Å². The van der Waals surface area contributed by atoms with Crippen molar-refractivity contribution in [3.05, 3.63) is 70.6 Å². The van der Waals surface area contributed by atoms with Gasteiger partial charge in [-0.3, -0.25) is 4.79 Å². The molecule has 146 valence electrons. The summed E-state index contributed by atoms with van der Waals surface area (Å²) >= 11 is 6.13. The van der Waals surface area contributed by atoms with Crippen molar-refractivity contribution in [1.82, 2.24) is 0 Å². The topological polar surface area (TPSA) is 69.9 Å². The number of aryl methyl sites for hydroxylation is 1. The Hall–Kier alpha value is -3.12. The third-order valence-corrected chi connectivity index (χ3v) is 4.31. The second-order valence-corrected chi connectivity index (χ2v) is 6.42. The lowest BCUT2D eigenvalue weighted by Crippen LogP contribution is -2.12. The highest BCUT2D eigenvalue weighted by Crippen LogP contribution is 2.36. The summed E-state index contributed by atoms with van der Waals surface area (Å²) in [5, 5.41) is 3.08. The Morgan fingerprint density at radius 2 is 1.75 bits per heavy atom. The molecular formula is C21H20ClNO5. The van der Waals surface area contributed by atoms with Crippen LogP contribution in [0.4, 0.5) is 5.69 Å². The molecule has 3 rings (SSSR count). The van der Waals surface area contributed by atoms with Crippen LogP contribution in [0.25, 0.3) is 0 Å². The van der Waals surface area contributed by atoms with Crippen molar-refractivity contribution in [3.8, 4) is 17.2 Å². The number of ether oxygens (including phenoxy) is 3. The molecule has 0 aliphatic carbocycles. The normalized spacial score (nSPS) is 10.4. The Kier molecular flexibility index (Phi) is 6.11. The van der Waals surface area contributed by atoms with E-state index in [2.05, 4.69) is 5.32 Å². The first-order valence-corrected chi connectivity index (χ1v) is 8.89. The van der Waals surface area contributed by atoms with Gasteiger partial charge in [-0.1, -0.05) is 29.3 Å². The summed E-state index contributed by atoms with van der Waals surface area (Å²) in [6.45, 7) is 2.22. The molecule has 0 saturated carbocycles. The van der Waals surface area contributed by atoms with E-state index >= 15 is 0 Å². The van der Waals surface area contributed by atoms with E-state index in [1.165, 1.54) is 14.2 Å². The first-order chi connectivity index (χ1) is 13.5. The van der Waals surface area contributed by atoms with Crippen LogP contribution in [0.2, 0.25) is 5.02 Å². The Balaban J connectivity index is 1.67. The number of methoxy groups -OCH3 is 2. The van der Waals surface area contributed by atoms with Gasteiger partial charge in [-0.25, -0.2) is 0 Å². The van der Waals surface area contributed by atoms with Gasteiger partial charge in [0.25, 0.3) is 5.91 Å². The van der Waals surface area contributed by atoms with Gasteiger partial charge in [0.05, 0.1) is 24.9 Å². The highest BCUT2D eigenvalue weighted by atomic mass is 35.5. The largest absolute Gasteiger partial charge is 0.495 e. The van der Waals surface area contributed by atoms with Gasteiger partial charge in [0.2, 0.25) is 0 Å². The highest BCUT2D eigenvalue weighted by molar-refractivity contribution is 6.32. The van der Waals surface area contributed by atoms with E-state index in [1.807, 2.05) is 31.2 Å².